The molecular formula is C14H14FNO2S. The van der Waals surface area contributed by atoms with Crippen LogP contribution in [0.1, 0.15) is 15.2 Å². The van der Waals surface area contributed by atoms with Crippen LogP contribution in [0.15, 0.2) is 30.9 Å². The molecule has 0 fully saturated rings. The largest absolute Gasteiger partial charge is 0.380 e. The smallest absolute Gasteiger partial charge is 0.262 e. The first-order valence-corrected chi connectivity index (χ1v) is 6.58. The summed E-state index contributed by atoms with van der Waals surface area (Å²) in [4.78, 5) is 12.5. The van der Waals surface area contributed by atoms with Gasteiger partial charge < -0.3 is 10.1 Å². The first-order valence-electron chi connectivity index (χ1n) is 5.77. The second kappa shape index (κ2) is 5.95. The summed E-state index contributed by atoms with van der Waals surface area (Å²) in [5.41, 5.74) is 0.599. The van der Waals surface area contributed by atoms with E-state index in [1.165, 1.54) is 24.5 Å². The fourth-order valence-electron chi connectivity index (χ4n) is 1.88. The second-order valence-corrected chi connectivity index (χ2v) is 5.01. The Kier molecular flexibility index (Phi) is 4.29. The number of benzene rings is 1. The third-order valence-electron chi connectivity index (χ3n) is 2.67. The molecule has 1 aromatic carbocycles. The average molecular weight is 279 g/mol. The standard InChI is InChI=1S/C14H14FNO2S/c1-3-7-16-14(17)13-9(8-18-2)12-10(15)5-4-6-11(12)19-13/h3-6H,1,7-8H2,2H3,(H,16,17). The summed E-state index contributed by atoms with van der Waals surface area (Å²) in [5, 5.41) is 3.17. The molecule has 0 spiro atoms. The van der Waals surface area contributed by atoms with Crippen molar-refractivity contribution < 1.29 is 13.9 Å². The maximum absolute atomic E-state index is 13.9. The van der Waals surface area contributed by atoms with E-state index in [9.17, 15) is 9.18 Å². The number of fused-ring (bicyclic) bond motifs is 1. The van der Waals surface area contributed by atoms with Crippen molar-refractivity contribution in [1.82, 2.24) is 5.32 Å². The van der Waals surface area contributed by atoms with Gasteiger partial charge in [-0.25, -0.2) is 4.39 Å². The fourth-order valence-corrected chi connectivity index (χ4v) is 3.02. The summed E-state index contributed by atoms with van der Waals surface area (Å²) >= 11 is 1.27. The number of thiophene rings is 1. The second-order valence-electron chi connectivity index (χ2n) is 3.95. The molecule has 1 N–H and O–H groups in total. The number of hydrogen-bond acceptors (Lipinski definition) is 3. The minimum absolute atomic E-state index is 0.206. The van der Waals surface area contributed by atoms with Crippen LogP contribution in [0.3, 0.4) is 0 Å². The predicted octanol–water partition coefficient (Wildman–Crippen LogP) is 3.10. The van der Waals surface area contributed by atoms with Crippen LogP contribution in [-0.2, 0) is 11.3 Å². The zero-order chi connectivity index (χ0) is 13.8. The Morgan fingerprint density at radius 2 is 2.37 bits per heavy atom. The highest BCUT2D eigenvalue weighted by molar-refractivity contribution is 7.21. The van der Waals surface area contributed by atoms with Crippen molar-refractivity contribution in [3.63, 3.8) is 0 Å². The van der Waals surface area contributed by atoms with Crippen LogP contribution in [0.25, 0.3) is 10.1 Å². The van der Waals surface area contributed by atoms with Gasteiger partial charge in [-0.05, 0) is 12.1 Å². The van der Waals surface area contributed by atoms with Gasteiger partial charge in [0.25, 0.3) is 5.91 Å². The Morgan fingerprint density at radius 1 is 1.58 bits per heavy atom. The van der Waals surface area contributed by atoms with Gasteiger partial charge in [-0.1, -0.05) is 12.1 Å². The van der Waals surface area contributed by atoms with E-state index in [4.69, 9.17) is 4.74 Å². The van der Waals surface area contributed by atoms with E-state index in [0.29, 0.717) is 22.4 Å². The summed E-state index contributed by atoms with van der Waals surface area (Å²) < 4.78 is 19.7. The summed E-state index contributed by atoms with van der Waals surface area (Å²) in [6.45, 7) is 4.13. The molecule has 19 heavy (non-hydrogen) atoms. The van der Waals surface area contributed by atoms with Gasteiger partial charge in [0.15, 0.2) is 0 Å². The number of carbonyl (C=O) groups is 1. The zero-order valence-electron chi connectivity index (χ0n) is 10.5. The zero-order valence-corrected chi connectivity index (χ0v) is 11.3. The molecule has 0 unspecified atom stereocenters. The highest BCUT2D eigenvalue weighted by atomic mass is 32.1. The number of methoxy groups -OCH3 is 1. The van der Waals surface area contributed by atoms with Crippen molar-refractivity contribution in [3.05, 3.63) is 47.1 Å². The van der Waals surface area contributed by atoms with E-state index in [1.54, 1.807) is 18.2 Å². The third kappa shape index (κ3) is 2.67. The molecule has 0 aliphatic carbocycles. The van der Waals surface area contributed by atoms with Crippen LogP contribution >= 0.6 is 11.3 Å². The quantitative estimate of drug-likeness (QED) is 0.854. The molecular weight excluding hydrogens is 265 g/mol. The van der Waals surface area contributed by atoms with Crippen LogP contribution < -0.4 is 5.32 Å². The van der Waals surface area contributed by atoms with Crippen LogP contribution in [-0.4, -0.2) is 19.6 Å². The minimum Gasteiger partial charge on any atom is -0.380 e. The van der Waals surface area contributed by atoms with E-state index in [2.05, 4.69) is 11.9 Å². The van der Waals surface area contributed by atoms with Crippen molar-refractivity contribution in [2.75, 3.05) is 13.7 Å². The van der Waals surface area contributed by atoms with Gasteiger partial charge in [0.2, 0.25) is 0 Å². The molecule has 0 saturated carbocycles. The number of halogens is 1. The molecule has 0 aliphatic rings. The number of hydrogen-bond donors (Lipinski definition) is 1. The lowest BCUT2D eigenvalue weighted by Gasteiger charge is -2.04. The summed E-state index contributed by atoms with van der Waals surface area (Å²) in [7, 11) is 1.52. The van der Waals surface area contributed by atoms with Gasteiger partial charge in [-0.15, -0.1) is 17.9 Å². The van der Waals surface area contributed by atoms with Crippen molar-refractivity contribution in [1.29, 1.82) is 0 Å². The molecule has 2 aromatic rings. The lowest BCUT2D eigenvalue weighted by Crippen LogP contribution is -2.23. The predicted molar refractivity (Wildman–Crippen MR) is 75.0 cm³/mol. The van der Waals surface area contributed by atoms with Gasteiger partial charge in [0, 0.05) is 29.3 Å². The summed E-state index contributed by atoms with van der Waals surface area (Å²) in [5.74, 6) is -0.559. The molecule has 1 aromatic heterocycles. The molecule has 100 valence electrons. The maximum atomic E-state index is 13.9. The summed E-state index contributed by atoms with van der Waals surface area (Å²) in [6.07, 6.45) is 1.60. The van der Waals surface area contributed by atoms with Crippen LogP contribution in [0.5, 0.6) is 0 Å². The number of rotatable bonds is 5. The van der Waals surface area contributed by atoms with Gasteiger partial charge in [0.05, 0.1) is 11.5 Å². The van der Waals surface area contributed by atoms with Gasteiger partial charge in [-0.2, -0.15) is 0 Å². The van der Waals surface area contributed by atoms with Crippen LogP contribution in [0.2, 0.25) is 0 Å². The monoisotopic (exact) mass is 279 g/mol. The molecule has 1 amide bonds. The lowest BCUT2D eigenvalue weighted by molar-refractivity contribution is 0.0958. The van der Waals surface area contributed by atoms with E-state index in [0.717, 1.165) is 4.70 Å². The van der Waals surface area contributed by atoms with Gasteiger partial charge in [-0.3, -0.25) is 4.79 Å². The molecule has 1 heterocycles. The van der Waals surface area contributed by atoms with Crippen LogP contribution in [0.4, 0.5) is 4.39 Å². The lowest BCUT2D eigenvalue weighted by atomic mass is 10.1. The molecule has 0 aliphatic heterocycles. The number of amides is 1. The van der Waals surface area contributed by atoms with E-state index < -0.39 is 0 Å². The third-order valence-corrected chi connectivity index (χ3v) is 3.86. The highest BCUT2D eigenvalue weighted by Crippen LogP contribution is 2.33. The van der Waals surface area contributed by atoms with Crippen molar-refractivity contribution >= 4 is 27.3 Å². The fraction of sp³-hybridized carbons (Fsp3) is 0.214. The first kappa shape index (κ1) is 13.7. The topological polar surface area (TPSA) is 38.3 Å². The molecule has 3 nitrogen and oxygen atoms in total. The SMILES string of the molecule is C=CCNC(=O)c1sc2cccc(F)c2c1COC. The van der Waals surface area contributed by atoms with Gasteiger partial charge >= 0.3 is 0 Å². The highest BCUT2D eigenvalue weighted by Gasteiger charge is 2.20. The van der Waals surface area contributed by atoms with Crippen molar-refractivity contribution in [3.8, 4) is 0 Å². The average Bonchev–Trinajstić information content (AvgIpc) is 2.77. The number of carbonyl (C=O) groups excluding carboxylic acids is 1. The van der Waals surface area contributed by atoms with Gasteiger partial charge in [0.1, 0.15) is 5.82 Å². The first-order chi connectivity index (χ1) is 9.19. The van der Waals surface area contributed by atoms with Crippen LogP contribution in [0, 0.1) is 5.82 Å². The minimum atomic E-state index is -0.330. The van der Waals surface area contributed by atoms with Crippen molar-refractivity contribution in [2.24, 2.45) is 0 Å². The summed E-state index contributed by atoms with van der Waals surface area (Å²) in [6, 6.07) is 4.82. The van der Waals surface area contributed by atoms with E-state index in [-0.39, 0.29) is 18.3 Å². The number of ether oxygens (including phenoxy) is 1. The van der Waals surface area contributed by atoms with Crippen molar-refractivity contribution in [2.45, 2.75) is 6.61 Å². The molecule has 5 heteroatoms. The maximum Gasteiger partial charge on any atom is 0.262 e. The molecule has 0 radical (unpaired) electrons. The Balaban J connectivity index is 2.53. The number of nitrogens with one attached hydrogen (secondary N) is 1. The Morgan fingerprint density at radius 3 is 3.05 bits per heavy atom. The Bertz CT molecular complexity index is 621. The van der Waals surface area contributed by atoms with E-state index in [1.807, 2.05) is 0 Å². The molecule has 0 bridgehead atoms. The molecule has 2 rings (SSSR count). The Hall–Kier alpha value is -1.72. The molecule has 0 saturated heterocycles. The molecule has 0 atom stereocenters. The Labute approximate surface area is 114 Å². The normalized spacial score (nSPS) is 10.6. The van der Waals surface area contributed by atoms with E-state index >= 15 is 0 Å².